The van der Waals surface area contributed by atoms with Crippen molar-refractivity contribution in [2.24, 2.45) is 0 Å². The second-order valence-corrected chi connectivity index (χ2v) is 9.91. The first-order valence-corrected chi connectivity index (χ1v) is 12.2. The molecular formula is C24H24N4O3S2. The number of nitrogens with zero attached hydrogens (tertiary/aromatic N) is 3. The summed E-state index contributed by atoms with van der Waals surface area (Å²) in [5.41, 5.74) is 2.97. The summed E-state index contributed by atoms with van der Waals surface area (Å²) in [7, 11) is 1.33. The number of aryl methyl sites for hydroxylation is 1. The maximum Gasteiger partial charge on any atom is 0.339 e. The van der Waals surface area contributed by atoms with Gasteiger partial charge in [0.05, 0.1) is 23.6 Å². The highest BCUT2D eigenvalue weighted by atomic mass is 32.2. The molecule has 3 aromatic heterocycles. The molecular weight excluding hydrogens is 456 g/mol. The molecule has 170 valence electrons. The van der Waals surface area contributed by atoms with Crippen LogP contribution in [0.3, 0.4) is 0 Å². The number of nitrogens with one attached hydrogen (secondary N) is 1. The quantitative estimate of drug-likeness (QED) is 0.216. The Morgan fingerprint density at radius 2 is 1.91 bits per heavy atom. The third kappa shape index (κ3) is 4.65. The average Bonchev–Trinajstić information content (AvgIpc) is 3.54. The van der Waals surface area contributed by atoms with Crippen molar-refractivity contribution in [2.45, 2.75) is 37.6 Å². The van der Waals surface area contributed by atoms with Gasteiger partial charge in [-0.25, -0.2) is 4.79 Å². The molecule has 0 spiro atoms. The van der Waals surface area contributed by atoms with Gasteiger partial charge in [-0.1, -0.05) is 36.0 Å². The first-order chi connectivity index (χ1) is 15.9. The van der Waals surface area contributed by atoms with E-state index >= 15 is 0 Å². The lowest BCUT2D eigenvalue weighted by molar-refractivity contribution is 0.0599. The van der Waals surface area contributed by atoms with Crippen molar-refractivity contribution in [3.63, 3.8) is 0 Å². The Morgan fingerprint density at radius 3 is 2.58 bits per heavy atom. The Bertz CT molecular complexity index is 1280. The largest absolute Gasteiger partial charge is 0.465 e. The number of ether oxygens (including phenoxy) is 1. The van der Waals surface area contributed by atoms with E-state index in [-0.39, 0.29) is 5.78 Å². The van der Waals surface area contributed by atoms with Crippen molar-refractivity contribution in [3.05, 3.63) is 81.1 Å². The van der Waals surface area contributed by atoms with E-state index in [2.05, 4.69) is 21.2 Å². The molecule has 1 N–H and O–H groups in total. The molecule has 0 amide bonds. The van der Waals surface area contributed by atoms with Crippen LogP contribution in [0.4, 0.5) is 0 Å². The number of Topliss-reactive ketones (excluding diaryl/α,β-unsaturated/α-hetero) is 1. The van der Waals surface area contributed by atoms with E-state index in [1.54, 1.807) is 25.2 Å². The Balaban J connectivity index is 1.64. The molecule has 0 bridgehead atoms. The van der Waals surface area contributed by atoms with Gasteiger partial charge in [0.2, 0.25) is 0 Å². The maximum atomic E-state index is 13.3. The second kappa shape index (κ2) is 9.76. The van der Waals surface area contributed by atoms with Crippen LogP contribution in [0, 0.1) is 13.8 Å². The van der Waals surface area contributed by atoms with E-state index < -0.39 is 11.2 Å². The fourth-order valence-electron chi connectivity index (χ4n) is 3.72. The molecule has 0 saturated heterocycles. The highest BCUT2D eigenvalue weighted by Gasteiger charge is 2.27. The zero-order valence-corrected chi connectivity index (χ0v) is 20.4. The number of ketones is 1. The average molecular weight is 481 g/mol. The highest BCUT2D eigenvalue weighted by molar-refractivity contribution is 8.00. The summed E-state index contributed by atoms with van der Waals surface area (Å²) in [6.07, 6.45) is 0.653. The molecule has 1 atom stereocenters. The van der Waals surface area contributed by atoms with Crippen LogP contribution in [0.15, 0.2) is 53.0 Å². The first-order valence-electron chi connectivity index (χ1n) is 10.4. The van der Waals surface area contributed by atoms with Crippen molar-refractivity contribution < 1.29 is 14.3 Å². The van der Waals surface area contributed by atoms with Gasteiger partial charge in [0.15, 0.2) is 10.9 Å². The summed E-state index contributed by atoms with van der Waals surface area (Å²) < 4.78 is 6.86. The number of thioether (sulfide) groups is 1. The van der Waals surface area contributed by atoms with Crippen LogP contribution in [-0.4, -0.2) is 43.9 Å². The second-order valence-electron chi connectivity index (χ2n) is 7.57. The van der Waals surface area contributed by atoms with Crippen LogP contribution < -0.4 is 0 Å². The van der Waals surface area contributed by atoms with Gasteiger partial charge in [-0.3, -0.25) is 9.36 Å². The number of carbonyl (C=O) groups is 2. The van der Waals surface area contributed by atoms with E-state index in [1.165, 1.54) is 23.7 Å². The molecule has 0 saturated carbocycles. The highest BCUT2D eigenvalue weighted by Crippen LogP contribution is 2.30. The van der Waals surface area contributed by atoms with Crippen molar-refractivity contribution in [2.75, 3.05) is 7.11 Å². The SMILES string of the molecule is COC(=O)c1c(C)[nH]c(C(=O)C(C)Sc2nnc(Cc3cccs3)n2-c2ccccc2)c1C. The fraction of sp³-hybridized carbons (Fsp3) is 0.250. The van der Waals surface area contributed by atoms with Crippen molar-refractivity contribution in [3.8, 4) is 5.69 Å². The summed E-state index contributed by atoms with van der Waals surface area (Å²) in [5.74, 6) is 0.242. The Labute approximate surface area is 200 Å². The van der Waals surface area contributed by atoms with Gasteiger partial charge in [-0.15, -0.1) is 21.5 Å². The van der Waals surface area contributed by atoms with Crippen LogP contribution in [0.5, 0.6) is 0 Å². The van der Waals surface area contributed by atoms with Gasteiger partial charge in [-0.2, -0.15) is 0 Å². The molecule has 0 fully saturated rings. The number of aromatic amines is 1. The molecule has 3 heterocycles. The van der Waals surface area contributed by atoms with E-state index in [9.17, 15) is 9.59 Å². The van der Waals surface area contributed by atoms with Crippen molar-refractivity contribution >= 4 is 34.9 Å². The number of para-hydroxylation sites is 1. The molecule has 7 nitrogen and oxygen atoms in total. The lowest BCUT2D eigenvalue weighted by Gasteiger charge is -2.13. The van der Waals surface area contributed by atoms with Gasteiger partial charge in [0.25, 0.3) is 0 Å². The van der Waals surface area contributed by atoms with Crippen LogP contribution in [-0.2, 0) is 11.2 Å². The number of hydrogen-bond donors (Lipinski definition) is 1. The Morgan fingerprint density at radius 1 is 1.15 bits per heavy atom. The monoisotopic (exact) mass is 480 g/mol. The molecule has 0 aliphatic heterocycles. The van der Waals surface area contributed by atoms with Gasteiger partial charge >= 0.3 is 5.97 Å². The number of H-pyrrole nitrogens is 1. The molecule has 33 heavy (non-hydrogen) atoms. The van der Waals surface area contributed by atoms with Crippen molar-refractivity contribution in [1.82, 2.24) is 19.7 Å². The van der Waals surface area contributed by atoms with Crippen LogP contribution in [0.25, 0.3) is 5.69 Å². The van der Waals surface area contributed by atoms with Crippen LogP contribution in [0.1, 0.15) is 49.7 Å². The number of thiophene rings is 1. The summed E-state index contributed by atoms with van der Waals surface area (Å²) >= 11 is 3.02. The number of benzene rings is 1. The predicted octanol–water partition coefficient (Wildman–Crippen LogP) is 5.01. The fourth-order valence-corrected chi connectivity index (χ4v) is 5.36. The predicted molar refractivity (Wildman–Crippen MR) is 130 cm³/mol. The third-order valence-corrected chi connectivity index (χ3v) is 7.27. The minimum atomic E-state index is -0.456. The van der Waals surface area contributed by atoms with E-state index in [1.807, 2.05) is 53.3 Å². The van der Waals surface area contributed by atoms with Gasteiger partial charge in [0, 0.05) is 22.7 Å². The van der Waals surface area contributed by atoms with Gasteiger partial charge in [-0.05, 0) is 49.9 Å². The zero-order valence-electron chi connectivity index (χ0n) is 18.8. The zero-order chi connectivity index (χ0) is 23.5. The number of hydrogen-bond acceptors (Lipinski definition) is 7. The third-order valence-electron chi connectivity index (χ3n) is 5.35. The van der Waals surface area contributed by atoms with Gasteiger partial charge in [0.1, 0.15) is 5.82 Å². The molecule has 1 unspecified atom stereocenters. The molecule has 0 aliphatic carbocycles. The summed E-state index contributed by atoms with van der Waals surface area (Å²) in [6, 6.07) is 14.0. The lowest BCUT2D eigenvalue weighted by Crippen LogP contribution is -2.16. The minimum absolute atomic E-state index is 0.113. The number of esters is 1. The van der Waals surface area contributed by atoms with E-state index in [4.69, 9.17) is 4.74 Å². The maximum absolute atomic E-state index is 13.3. The molecule has 0 radical (unpaired) electrons. The normalized spacial score (nSPS) is 12.0. The molecule has 4 rings (SSSR count). The number of carbonyl (C=O) groups excluding carboxylic acids is 2. The molecule has 9 heteroatoms. The summed E-state index contributed by atoms with van der Waals surface area (Å²) in [5, 5.41) is 11.1. The first kappa shape index (κ1) is 23.0. The molecule has 4 aromatic rings. The molecule has 0 aliphatic rings. The topological polar surface area (TPSA) is 89.9 Å². The van der Waals surface area contributed by atoms with E-state index in [0.717, 1.165) is 11.5 Å². The standard InChI is InChI=1S/C24H24N4O3S2/c1-14-20(23(30)31-4)15(2)25-21(14)22(29)16(3)33-24-27-26-19(13-18-11-8-12-32-18)28(24)17-9-6-5-7-10-17/h5-12,16,25H,13H2,1-4H3. The van der Waals surface area contributed by atoms with Crippen LogP contribution >= 0.6 is 23.1 Å². The smallest absolute Gasteiger partial charge is 0.339 e. The lowest BCUT2D eigenvalue weighted by atomic mass is 10.1. The van der Waals surface area contributed by atoms with E-state index in [0.29, 0.717) is 34.1 Å². The summed E-state index contributed by atoms with van der Waals surface area (Å²) in [4.78, 5) is 29.7. The Kier molecular flexibility index (Phi) is 6.80. The number of aromatic nitrogens is 4. The van der Waals surface area contributed by atoms with Gasteiger partial charge < -0.3 is 9.72 Å². The summed E-state index contributed by atoms with van der Waals surface area (Å²) in [6.45, 7) is 5.35. The van der Waals surface area contributed by atoms with Crippen LogP contribution in [0.2, 0.25) is 0 Å². The Hall–Kier alpha value is -3.17. The number of rotatable bonds is 8. The minimum Gasteiger partial charge on any atom is -0.465 e. The number of methoxy groups -OCH3 is 1. The van der Waals surface area contributed by atoms with Crippen molar-refractivity contribution in [1.29, 1.82) is 0 Å². The molecule has 1 aromatic carbocycles.